The van der Waals surface area contributed by atoms with Crippen LogP contribution in [0.4, 0.5) is 5.69 Å². The normalized spacial score (nSPS) is 10.8. The molecule has 0 radical (unpaired) electrons. The smallest absolute Gasteiger partial charge is 0.307 e. The van der Waals surface area contributed by atoms with E-state index in [-0.39, 0.29) is 18.1 Å². The minimum Gasteiger partial charge on any atom is -0.493 e. The van der Waals surface area contributed by atoms with Crippen molar-refractivity contribution in [2.75, 3.05) is 7.11 Å². The summed E-state index contributed by atoms with van der Waals surface area (Å²) in [6.45, 7) is 1.97. The number of halogens is 1. The summed E-state index contributed by atoms with van der Waals surface area (Å²) in [5, 5.41) is 14.7. The van der Waals surface area contributed by atoms with Crippen molar-refractivity contribution in [2.45, 2.75) is 13.5 Å². The van der Waals surface area contributed by atoms with E-state index in [0.717, 1.165) is 9.13 Å². The minimum atomic E-state index is -0.450. The zero-order chi connectivity index (χ0) is 22.4. The fourth-order valence-electron chi connectivity index (χ4n) is 2.60. The summed E-state index contributed by atoms with van der Waals surface area (Å²) < 4.78 is 17.3. The Kier molecular flexibility index (Phi) is 7.23. The van der Waals surface area contributed by atoms with Gasteiger partial charge in [-0.25, -0.2) is 5.43 Å². The second-order valence-electron chi connectivity index (χ2n) is 6.36. The van der Waals surface area contributed by atoms with Crippen molar-refractivity contribution < 1.29 is 23.6 Å². The van der Waals surface area contributed by atoms with Gasteiger partial charge in [0.15, 0.2) is 17.3 Å². The molecule has 0 atom stereocenters. The minimum absolute atomic E-state index is 0.0221. The Balaban J connectivity index is 1.67. The van der Waals surface area contributed by atoms with Crippen molar-refractivity contribution >= 4 is 40.4 Å². The number of amides is 1. The van der Waals surface area contributed by atoms with Gasteiger partial charge in [0.1, 0.15) is 12.4 Å². The summed E-state index contributed by atoms with van der Waals surface area (Å²) in [7, 11) is 1.52. The van der Waals surface area contributed by atoms with Crippen LogP contribution in [0.3, 0.4) is 0 Å². The SMILES string of the molecule is COc1cc(/C=N/NC(=O)c2ccc(C)o2)cc(I)c1OCc1ccc([N+](=O)[O-])cc1. The zero-order valence-corrected chi connectivity index (χ0v) is 18.8. The van der Waals surface area contributed by atoms with Gasteiger partial charge in [0, 0.05) is 12.1 Å². The number of hydrazone groups is 1. The molecule has 3 aromatic rings. The quantitative estimate of drug-likeness (QED) is 0.197. The number of hydrogen-bond donors (Lipinski definition) is 1. The number of aryl methyl sites for hydroxylation is 1. The standard InChI is InChI=1S/C21H18IN3O6/c1-13-3-8-18(31-13)21(26)24-23-11-15-9-17(22)20(19(10-15)29-2)30-12-14-4-6-16(7-5-14)25(27)28/h3-11H,12H2,1-2H3,(H,24,26)/b23-11+. The summed E-state index contributed by atoms with van der Waals surface area (Å²) in [4.78, 5) is 22.3. The highest BCUT2D eigenvalue weighted by molar-refractivity contribution is 14.1. The maximum atomic E-state index is 12.0. The van der Waals surface area contributed by atoms with Gasteiger partial charge in [0.2, 0.25) is 0 Å². The highest BCUT2D eigenvalue weighted by Crippen LogP contribution is 2.34. The molecule has 0 unspecified atom stereocenters. The fraction of sp³-hybridized carbons (Fsp3) is 0.143. The predicted octanol–water partition coefficient (Wildman–Crippen LogP) is 4.45. The first-order valence-electron chi connectivity index (χ1n) is 9.01. The number of nitrogens with zero attached hydrogens (tertiary/aromatic N) is 2. The van der Waals surface area contributed by atoms with Gasteiger partial charge in [-0.05, 0) is 77.0 Å². The lowest BCUT2D eigenvalue weighted by molar-refractivity contribution is -0.384. The van der Waals surface area contributed by atoms with E-state index in [1.807, 2.05) is 6.07 Å². The highest BCUT2D eigenvalue weighted by Gasteiger charge is 2.13. The van der Waals surface area contributed by atoms with Crippen LogP contribution < -0.4 is 14.9 Å². The number of nitro groups is 1. The Bertz CT molecular complexity index is 1120. The third-order valence-electron chi connectivity index (χ3n) is 4.13. The molecular weight excluding hydrogens is 517 g/mol. The van der Waals surface area contributed by atoms with Gasteiger partial charge in [0.25, 0.3) is 5.69 Å². The van der Waals surface area contributed by atoms with E-state index in [4.69, 9.17) is 13.9 Å². The summed E-state index contributed by atoms with van der Waals surface area (Å²) in [6, 6.07) is 13.0. The Morgan fingerprint density at radius 1 is 1.26 bits per heavy atom. The second-order valence-corrected chi connectivity index (χ2v) is 7.52. The topological polar surface area (TPSA) is 116 Å². The average Bonchev–Trinajstić information content (AvgIpc) is 3.19. The number of hydrogen-bond acceptors (Lipinski definition) is 7. The molecule has 1 aromatic heterocycles. The van der Waals surface area contributed by atoms with Crippen LogP contribution >= 0.6 is 22.6 Å². The van der Waals surface area contributed by atoms with Crippen molar-refractivity contribution in [3.8, 4) is 11.5 Å². The number of rotatable bonds is 8. The number of benzene rings is 2. The van der Waals surface area contributed by atoms with E-state index in [0.29, 0.717) is 22.8 Å². The van der Waals surface area contributed by atoms with Crippen LogP contribution in [0.2, 0.25) is 0 Å². The Hall–Kier alpha value is -3.41. The van der Waals surface area contributed by atoms with Gasteiger partial charge in [-0.1, -0.05) is 0 Å². The lowest BCUT2D eigenvalue weighted by Gasteiger charge is -2.13. The molecule has 9 nitrogen and oxygen atoms in total. The summed E-state index contributed by atoms with van der Waals surface area (Å²) >= 11 is 2.11. The first-order valence-corrected chi connectivity index (χ1v) is 10.1. The average molecular weight is 535 g/mol. The Labute approximate surface area is 191 Å². The van der Waals surface area contributed by atoms with Crippen molar-refractivity contribution in [1.82, 2.24) is 5.43 Å². The number of carbonyl (C=O) groups excluding carboxylic acids is 1. The van der Waals surface area contributed by atoms with E-state index < -0.39 is 10.8 Å². The van der Waals surface area contributed by atoms with Crippen LogP contribution in [0.1, 0.15) is 27.4 Å². The first kappa shape index (κ1) is 22.3. The molecule has 1 N–H and O–H groups in total. The molecule has 0 aliphatic rings. The number of nitrogens with one attached hydrogen (secondary N) is 1. The zero-order valence-electron chi connectivity index (χ0n) is 16.6. The molecule has 0 spiro atoms. The van der Waals surface area contributed by atoms with Gasteiger partial charge in [-0.2, -0.15) is 5.10 Å². The lowest BCUT2D eigenvalue weighted by Crippen LogP contribution is -2.16. The summed E-state index contributed by atoms with van der Waals surface area (Å²) in [5.41, 5.74) is 3.90. The van der Waals surface area contributed by atoms with E-state index in [1.54, 1.807) is 37.3 Å². The van der Waals surface area contributed by atoms with E-state index in [9.17, 15) is 14.9 Å². The monoisotopic (exact) mass is 535 g/mol. The molecular formula is C21H18IN3O6. The highest BCUT2D eigenvalue weighted by atomic mass is 127. The Morgan fingerprint density at radius 2 is 2.00 bits per heavy atom. The number of non-ortho nitro benzene ring substituents is 1. The molecule has 3 rings (SSSR count). The third kappa shape index (κ3) is 5.81. The summed E-state index contributed by atoms with van der Waals surface area (Å²) in [6.07, 6.45) is 1.48. The molecule has 31 heavy (non-hydrogen) atoms. The van der Waals surface area contributed by atoms with E-state index >= 15 is 0 Å². The number of furan rings is 1. The molecule has 160 valence electrons. The molecule has 0 saturated carbocycles. The van der Waals surface area contributed by atoms with Crippen molar-refractivity contribution in [3.63, 3.8) is 0 Å². The van der Waals surface area contributed by atoms with Crippen LogP contribution in [-0.4, -0.2) is 24.2 Å². The van der Waals surface area contributed by atoms with E-state index in [2.05, 4.69) is 33.1 Å². The number of methoxy groups -OCH3 is 1. The van der Waals surface area contributed by atoms with Gasteiger partial charge < -0.3 is 13.9 Å². The van der Waals surface area contributed by atoms with Gasteiger partial charge in [-0.3, -0.25) is 14.9 Å². The molecule has 10 heteroatoms. The van der Waals surface area contributed by atoms with Crippen molar-refractivity contribution in [1.29, 1.82) is 0 Å². The largest absolute Gasteiger partial charge is 0.493 e. The van der Waals surface area contributed by atoms with Crippen molar-refractivity contribution in [2.24, 2.45) is 5.10 Å². The fourth-order valence-corrected chi connectivity index (χ4v) is 3.38. The van der Waals surface area contributed by atoms with Crippen LogP contribution in [0.25, 0.3) is 0 Å². The van der Waals surface area contributed by atoms with Crippen LogP contribution in [0.15, 0.2) is 58.0 Å². The molecule has 0 fully saturated rings. The molecule has 0 bridgehead atoms. The van der Waals surface area contributed by atoms with Gasteiger partial charge in [0.05, 0.1) is 21.8 Å². The number of carbonyl (C=O) groups is 1. The molecule has 0 aliphatic carbocycles. The van der Waals surface area contributed by atoms with Gasteiger partial charge in [-0.15, -0.1) is 0 Å². The molecule has 1 amide bonds. The Morgan fingerprint density at radius 3 is 2.61 bits per heavy atom. The maximum absolute atomic E-state index is 12.0. The predicted molar refractivity (Wildman–Crippen MR) is 122 cm³/mol. The molecule has 2 aromatic carbocycles. The lowest BCUT2D eigenvalue weighted by atomic mass is 10.2. The maximum Gasteiger partial charge on any atom is 0.307 e. The van der Waals surface area contributed by atoms with Crippen LogP contribution in [0.5, 0.6) is 11.5 Å². The van der Waals surface area contributed by atoms with Gasteiger partial charge >= 0.3 is 5.91 Å². The molecule has 0 saturated heterocycles. The van der Waals surface area contributed by atoms with Crippen molar-refractivity contribution in [3.05, 3.63) is 84.9 Å². The number of nitro benzene ring substituents is 1. The molecule has 1 heterocycles. The second kappa shape index (κ2) is 10.1. The van der Waals surface area contributed by atoms with Crippen LogP contribution in [-0.2, 0) is 6.61 Å². The third-order valence-corrected chi connectivity index (χ3v) is 4.93. The summed E-state index contributed by atoms with van der Waals surface area (Å²) in [5.74, 6) is 1.39. The van der Waals surface area contributed by atoms with E-state index in [1.165, 1.54) is 25.5 Å². The van der Waals surface area contributed by atoms with Crippen LogP contribution in [0, 0.1) is 20.6 Å². The first-order chi connectivity index (χ1) is 14.9. The molecule has 0 aliphatic heterocycles. The number of ether oxygens (including phenoxy) is 2.